The normalized spacial score (nSPS) is 11.6. The fraction of sp³-hybridized carbons (Fsp3) is 0.455. The van der Waals surface area contributed by atoms with Crippen LogP contribution in [0.3, 0.4) is 0 Å². The summed E-state index contributed by atoms with van der Waals surface area (Å²) in [6.07, 6.45) is 1.61. The van der Waals surface area contributed by atoms with Crippen molar-refractivity contribution in [2.45, 2.75) is 52.6 Å². The van der Waals surface area contributed by atoms with E-state index in [1.54, 1.807) is 7.05 Å². The molecule has 5 nitrogen and oxygen atoms in total. The van der Waals surface area contributed by atoms with Crippen LogP contribution < -0.4 is 0 Å². The predicted molar refractivity (Wildman–Crippen MR) is 117 cm³/mol. The van der Waals surface area contributed by atoms with E-state index in [9.17, 15) is 4.79 Å². The summed E-state index contributed by atoms with van der Waals surface area (Å²) in [6.45, 7) is 12.7. The summed E-state index contributed by atoms with van der Waals surface area (Å²) in [7, 11) is 2.27. The van der Waals surface area contributed by atoms with Crippen LogP contribution in [0.5, 0.6) is 0 Å². The van der Waals surface area contributed by atoms with Gasteiger partial charge in [0.2, 0.25) is 0 Å². The molecule has 0 fully saturated rings. The average Bonchev–Trinajstić information content (AvgIpc) is 2.92. The van der Waals surface area contributed by atoms with Gasteiger partial charge in [0, 0.05) is 31.4 Å². The first-order valence-electron chi connectivity index (χ1n) is 9.44. The van der Waals surface area contributed by atoms with Gasteiger partial charge in [-0.15, -0.1) is 5.54 Å². The van der Waals surface area contributed by atoms with Gasteiger partial charge in [0.15, 0.2) is 0 Å². The quantitative estimate of drug-likeness (QED) is 0.558. The number of aromatic nitrogens is 2. The number of amides is 1. The van der Waals surface area contributed by atoms with Crippen molar-refractivity contribution in [2.75, 3.05) is 7.05 Å². The van der Waals surface area contributed by atoms with Gasteiger partial charge in [-0.25, -0.2) is 9.78 Å². The third-order valence-electron chi connectivity index (χ3n) is 3.82. The van der Waals surface area contributed by atoms with Crippen molar-refractivity contribution in [3.63, 3.8) is 0 Å². The Kier molecular flexibility index (Phi) is 6.40. The first-order chi connectivity index (χ1) is 12.8. The summed E-state index contributed by atoms with van der Waals surface area (Å²) in [5, 5.41) is 0. The van der Waals surface area contributed by atoms with Gasteiger partial charge in [-0.05, 0) is 32.9 Å². The molecule has 28 heavy (non-hydrogen) atoms. The van der Waals surface area contributed by atoms with Crippen LogP contribution in [0.4, 0.5) is 4.79 Å². The van der Waals surface area contributed by atoms with Crippen LogP contribution in [0.15, 0.2) is 30.5 Å². The number of hydrogen-bond donors (Lipinski definition) is 0. The second-order valence-corrected chi connectivity index (χ2v) is 13.8. The van der Waals surface area contributed by atoms with E-state index in [1.165, 1.54) is 4.90 Å². The lowest BCUT2D eigenvalue weighted by Crippen LogP contribution is -2.34. The minimum absolute atomic E-state index is 0.359. The monoisotopic (exact) mass is 397 g/mol. The number of hydrogen-bond acceptors (Lipinski definition) is 3. The van der Waals surface area contributed by atoms with Crippen molar-refractivity contribution in [3.8, 4) is 22.7 Å². The number of nitrogens with zero attached hydrogens (tertiary/aromatic N) is 3. The standard InChI is InChI=1S/C22H31N3O2Si/c1-22(2,3)27-21(26)25(5)16-20-23-19(15-24(20)4)18-11-9-17(10-12-18)13-14-28(6,7)8/h9-12,15H,16H2,1-8H3. The fourth-order valence-electron chi connectivity index (χ4n) is 2.39. The van der Waals surface area contributed by atoms with Crippen molar-refractivity contribution in [1.29, 1.82) is 0 Å². The van der Waals surface area contributed by atoms with E-state index in [4.69, 9.17) is 9.72 Å². The van der Waals surface area contributed by atoms with Gasteiger partial charge in [-0.2, -0.15) is 0 Å². The van der Waals surface area contributed by atoms with Gasteiger partial charge in [-0.1, -0.05) is 37.7 Å². The zero-order chi connectivity index (χ0) is 21.1. The van der Waals surface area contributed by atoms with E-state index in [1.807, 2.05) is 62.8 Å². The maximum atomic E-state index is 12.2. The van der Waals surface area contributed by atoms with E-state index in [0.717, 1.165) is 22.6 Å². The largest absolute Gasteiger partial charge is 0.444 e. The Morgan fingerprint density at radius 1 is 1.21 bits per heavy atom. The summed E-state index contributed by atoms with van der Waals surface area (Å²) >= 11 is 0. The first-order valence-corrected chi connectivity index (χ1v) is 12.9. The van der Waals surface area contributed by atoms with Gasteiger partial charge in [0.1, 0.15) is 19.5 Å². The Hall–Kier alpha value is -2.52. The molecule has 0 spiro atoms. The van der Waals surface area contributed by atoms with Gasteiger partial charge >= 0.3 is 6.09 Å². The van der Waals surface area contributed by atoms with E-state index in [2.05, 4.69) is 31.1 Å². The maximum absolute atomic E-state index is 12.2. The molecule has 0 saturated heterocycles. The summed E-state index contributed by atoms with van der Waals surface area (Å²) in [6, 6.07) is 8.14. The number of ether oxygens (including phenoxy) is 1. The molecule has 0 aliphatic heterocycles. The second kappa shape index (κ2) is 8.23. The van der Waals surface area contributed by atoms with Crippen LogP contribution in [0, 0.1) is 11.5 Å². The average molecular weight is 398 g/mol. The molecule has 0 N–H and O–H groups in total. The second-order valence-electron chi connectivity index (χ2n) is 9.07. The molecular weight excluding hydrogens is 366 g/mol. The van der Waals surface area contributed by atoms with E-state index < -0.39 is 13.7 Å². The highest BCUT2D eigenvalue weighted by Gasteiger charge is 2.21. The first kappa shape index (κ1) is 21.8. The van der Waals surface area contributed by atoms with Crippen molar-refractivity contribution in [3.05, 3.63) is 41.9 Å². The van der Waals surface area contributed by atoms with Gasteiger partial charge in [0.05, 0.1) is 12.2 Å². The van der Waals surface area contributed by atoms with Crippen molar-refractivity contribution >= 4 is 14.2 Å². The number of rotatable bonds is 3. The Morgan fingerprint density at radius 2 is 1.82 bits per heavy atom. The van der Waals surface area contributed by atoms with E-state index in [0.29, 0.717) is 6.54 Å². The number of imidazole rings is 1. The van der Waals surface area contributed by atoms with Crippen LogP contribution in [0.25, 0.3) is 11.3 Å². The molecule has 1 aromatic carbocycles. The number of carbonyl (C=O) groups excluding carboxylic acids is 1. The van der Waals surface area contributed by atoms with Crippen LogP contribution >= 0.6 is 0 Å². The lowest BCUT2D eigenvalue weighted by atomic mass is 10.1. The predicted octanol–water partition coefficient (Wildman–Crippen LogP) is 4.68. The molecular formula is C22H31N3O2Si. The third-order valence-corrected chi connectivity index (χ3v) is 4.69. The SMILES string of the molecule is CN(Cc1nc(-c2ccc(C#C[Si](C)(C)C)cc2)cn1C)C(=O)OC(C)(C)C. The van der Waals surface area contributed by atoms with Crippen molar-refractivity contribution < 1.29 is 9.53 Å². The van der Waals surface area contributed by atoms with Gasteiger partial charge in [-0.3, -0.25) is 0 Å². The number of carbonyl (C=O) groups is 1. The summed E-state index contributed by atoms with van der Waals surface area (Å²) in [5.74, 6) is 4.06. The van der Waals surface area contributed by atoms with Crippen LogP contribution in [-0.2, 0) is 18.3 Å². The molecule has 0 aliphatic rings. The van der Waals surface area contributed by atoms with Crippen LogP contribution in [0.2, 0.25) is 19.6 Å². The minimum atomic E-state index is -1.38. The Bertz CT molecular complexity index is 891. The maximum Gasteiger partial charge on any atom is 0.410 e. The molecule has 0 bridgehead atoms. The Balaban J connectivity index is 2.13. The molecule has 0 aliphatic carbocycles. The topological polar surface area (TPSA) is 47.4 Å². The van der Waals surface area contributed by atoms with Crippen LogP contribution in [0.1, 0.15) is 32.2 Å². The van der Waals surface area contributed by atoms with E-state index >= 15 is 0 Å². The Labute approximate surface area is 169 Å². The highest BCUT2D eigenvalue weighted by molar-refractivity contribution is 6.83. The van der Waals surface area contributed by atoms with Crippen molar-refractivity contribution in [1.82, 2.24) is 14.5 Å². The molecule has 0 unspecified atom stereocenters. The van der Waals surface area contributed by atoms with Gasteiger partial charge in [0.25, 0.3) is 0 Å². The third kappa shape index (κ3) is 6.57. The van der Waals surface area contributed by atoms with Crippen molar-refractivity contribution in [2.24, 2.45) is 7.05 Å². The molecule has 1 heterocycles. The molecule has 1 aromatic heterocycles. The molecule has 6 heteroatoms. The molecule has 2 rings (SSSR count). The Morgan fingerprint density at radius 3 is 2.36 bits per heavy atom. The zero-order valence-corrected chi connectivity index (χ0v) is 19.3. The van der Waals surface area contributed by atoms with E-state index in [-0.39, 0.29) is 6.09 Å². The molecule has 150 valence electrons. The summed E-state index contributed by atoms with van der Waals surface area (Å²) < 4.78 is 7.34. The van der Waals surface area contributed by atoms with Gasteiger partial charge < -0.3 is 14.2 Å². The lowest BCUT2D eigenvalue weighted by molar-refractivity contribution is 0.0280. The highest BCUT2D eigenvalue weighted by atomic mass is 28.3. The zero-order valence-electron chi connectivity index (χ0n) is 18.3. The summed E-state index contributed by atoms with van der Waals surface area (Å²) in [4.78, 5) is 18.4. The number of aryl methyl sites for hydroxylation is 1. The highest BCUT2D eigenvalue weighted by Crippen LogP contribution is 2.20. The lowest BCUT2D eigenvalue weighted by Gasteiger charge is -2.24. The fourth-order valence-corrected chi connectivity index (χ4v) is 2.91. The molecule has 0 atom stereocenters. The minimum Gasteiger partial charge on any atom is -0.444 e. The summed E-state index contributed by atoms with van der Waals surface area (Å²) in [5.41, 5.74) is 5.79. The molecule has 2 aromatic rings. The molecule has 0 radical (unpaired) electrons. The molecule has 1 amide bonds. The molecule has 0 saturated carbocycles. The smallest absolute Gasteiger partial charge is 0.410 e. The van der Waals surface area contributed by atoms with Crippen LogP contribution in [-0.4, -0.2) is 41.3 Å². The number of benzene rings is 1.